The van der Waals surface area contributed by atoms with Gasteiger partial charge in [-0.05, 0) is 30.9 Å². The van der Waals surface area contributed by atoms with Crippen LogP contribution in [0.5, 0.6) is 0 Å². The molecule has 3 unspecified atom stereocenters. The van der Waals surface area contributed by atoms with E-state index in [2.05, 4.69) is 44.9 Å². The minimum atomic E-state index is 0.631. The van der Waals surface area contributed by atoms with Gasteiger partial charge in [0.05, 0.1) is 10.2 Å². The second-order valence-electron chi connectivity index (χ2n) is 7.35. The molecule has 6 heteroatoms. The Bertz CT molecular complexity index is 675. The highest BCUT2D eigenvalue weighted by atomic mass is 32.1. The third-order valence-corrected chi connectivity index (χ3v) is 7.02. The summed E-state index contributed by atoms with van der Waals surface area (Å²) in [5.41, 5.74) is 8.20. The standard InChI is InChI=1S/C18H25N5S/c1-2-7-17-15(5-1)19-18(24-17)23-10-8-22(9-11-23)12-16-13-4-3-6-14(13)20-21-16/h1-2,5,7,13-14,16,20-21H,3-4,6,8-12H2. The molecule has 3 fully saturated rings. The van der Waals surface area contributed by atoms with E-state index in [9.17, 15) is 0 Å². The van der Waals surface area contributed by atoms with E-state index in [1.807, 2.05) is 11.3 Å². The number of piperazine rings is 1. The molecule has 0 radical (unpaired) electrons. The largest absolute Gasteiger partial charge is 0.345 e. The molecular formula is C18H25N5S. The highest BCUT2D eigenvalue weighted by Gasteiger charge is 2.39. The van der Waals surface area contributed by atoms with Crippen molar-refractivity contribution in [1.82, 2.24) is 20.7 Å². The van der Waals surface area contributed by atoms with E-state index in [0.29, 0.717) is 6.04 Å². The number of benzene rings is 1. The second kappa shape index (κ2) is 6.26. The summed E-state index contributed by atoms with van der Waals surface area (Å²) in [4.78, 5) is 9.90. The van der Waals surface area contributed by atoms with Gasteiger partial charge in [-0.3, -0.25) is 15.8 Å². The van der Waals surface area contributed by atoms with E-state index in [1.54, 1.807) is 0 Å². The van der Waals surface area contributed by atoms with Gasteiger partial charge in [-0.2, -0.15) is 0 Å². The maximum absolute atomic E-state index is 4.81. The first-order valence-corrected chi connectivity index (χ1v) is 10.0. The van der Waals surface area contributed by atoms with E-state index in [-0.39, 0.29) is 0 Å². The molecule has 1 aromatic carbocycles. The Morgan fingerprint density at radius 2 is 1.96 bits per heavy atom. The number of hydrogen-bond donors (Lipinski definition) is 2. The molecule has 3 aliphatic rings. The van der Waals surface area contributed by atoms with Gasteiger partial charge in [-0.1, -0.05) is 29.9 Å². The topological polar surface area (TPSA) is 43.4 Å². The van der Waals surface area contributed by atoms with Crippen molar-refractivity contribution in [3.05, 3.63) is 24.3 Å². The van der Waals surface area contributed by atoms with Crippen LogP contribution in [0.25, 0.3) is 10.2 Å². The minimum Gasteiger partial charge on any atom is -0.345 e. The Hall–Kier alpha value is -1.21. The SMILES string of the molecule is c1ccc2sc(N3CCN(CC4NNC5CCCC54)CC3)nc2c1. The number of nitrogens with zero attached hydrogens (tertiary/aromatic N) is 3. The number of hydrogen-bond acceptors (Lipinski definition) is 6. The van der Waals surface area contributed by atoms with Crippen molar-refractivity contribution < 1.29 is 0 Å². The minimum absolute atomic E-state index is 0.631. The van der Waals surface area contributed by atoms with Gasteiger partial charge in [0.2, 0.25) is 0 Å². The molecule has 2 aromatic rings. The van der Waals surface area contributed by atoms with E-state index >= 15 is 0 Å². The molecule has 1 aromatic heterocycles. The highest BCUT2D eigenvalue weighted by Crippen LogP contribution is 2.32. The summed E-state index contributed by atoms with van der Waals surface area (Å²) in [7, 11) is 0. The van der Waals surface area contributed by atoms with Gasteiger partial charge in [0.25, 0.3) is 0 Å². The van der Waals surface area contributed by atoms with Crippen LogP contribution < -0.4 is 15.8 Å². The van der Waals surface area contributed by atoms with Gasteiger partial charge in [-0.25, -0.2) is 4.98 Å². The summed E-state index contributed by atoms with van der Waals surface area (Å²) >= 11 is 1.82. The van der Waals surface area contributed by atoms with Gasteiger partial charge >= 0.3 is 0 Å². The molecule has 2 N–H and O–H groups in total. The van der Waals surface area contributed by atoms with E-state index in [1.165, 1.54) is 35.6 Å². The van der Waals surface area contributed by atoms with Crippen LogP contribution in [0.15, 0.2) is 24.3 Å². The number of nitrogens with one attached hydrogen (secondary N) is 2. The Labute approximate surface area is 147 Å². The first kappa shape index (κ1) is 15.1. The fraction of sp³-hybridized carbons (Fsp3) is 0.611. The summed E-state index contributed by atoms with van der Waals surface area (Å²) in [6.45, 7) is 5.65. The average Bonchev–Trinajstić information content (AvgIpc) is 3.31. The van der Waals surface area contributed by atoms with Crippen molar-refractivity contribution in [1.29, 1.82) is 0 Å². The second-order valence-corrected chi connectivity index (χ2v) is 8.36. The van der Waals surface area contributed by atoms with Gasteiger partial charge in [0.1, 0.15) is 0 Å². The van der Waals surface area contributed by atoms with E-state index < -0.39 is 0 Å². The highest BCUT2D eigenvalue weighted by molar-refractivity contribution is 7.22. The molecule has 1 saturated carbocycles. The van der Waals surface area contributed by atoms with E-state index in [4.69, 9.17) is 4.98 Å². The van der Waals surface area contributed by atoms with Crippen molar-refractivity contribution in [2.45, 2.75) is 31.3 Å². The molecule has 5 rings (SSSR count). The Morgan fingerprint density at radius 3 is 2.83 bits per heavy atom. The van der Waals surface area contributed by atoms with Crippen LogP contribution in [-0.4, -0.2) is 54.7 Å². The molecule has 1 aliphatic carbocycles. The Balaban J connectivity index is 1.20. The van der Waals surface area contributed by atoms with Gasteiger partial charge in [-0.15, -0.1) is 0 Å². The van der Waals surface area contributed by atoms with Crippen molar-refractivity contribution in [3.8, 4) is 0 Å². The van der Waals surface area contributed by atoms with Crippen LogP contribution in [0.4, 0.5) is 5.13 Å². The average molecular weight is 344 g/mol. The third kappa shape index (κ3) is 2.71. The lowest BCUT2D eigenvalue weighted by atomic mass is 9.97. The third-order valence-electron chi connectivity index (χ3n) is 5.92. The number of thiazole rings is 1. The maximum Gasteiger partial charge on any atom is 0.186 e. The number of hydrazine groups is 1. The van der Waals surface area contributed by atoms with Gasteiger partial charge < -0.3 is 4.90 Å². The maximum atomic E-state index is 4.81. The van der Waals surface area contributed by atoms with Gasteiger partial charge in [0.15, 0.2) is 5.13 Å². The summed E-state index contributed by atoms with van der Waals surface area (Å²) in [5, 5.41) is 1.19. The summed E-state index contributed by atoms with van der Waals surface area (Å²) in [6.07, 6.45) is 4.13. The number of fused-ring (bicyclic) bond motifs is 2. The monoisotopic (exact) mass is 343 g/mol. The first-order chi connectivity index (χ1) is 11.9. The summed E-state index contributed by atoms with van der Waals surface area (Å²) < 4.78 is 1.29. The molecule has 2 aliphatic heterocycles. The van der Waals surface area contributed by atoms with Crippen LogP contribution in [0.1, 0.15) is 19.3 Å². The Morgan fingerprint density at radius 1 is 1.08 bits per heavy atom. The number of para-hydroxylation sites is 1. The molecule has 3 atom stereocenters. The summed E-state index contributed by atoms with van der Waals surface area (Å²) in [5.74, 6) is 0.840. The number of rotatable bonds is 3. The fourth-order valence-electron chi connectivity index (χ4n) is 4.55. The van der Waals surface area contributed by atoms with Crippen molar-refractivity contribution in [2.24, 2.45) is 5.92 Å². The van der Waals surface area contributed by atoms with Crippen molar-refractivity contribution >= 4 is 26.7 Å². The molecule has 0 bridgehead atoms. The van der Waals surface area contributed by atoms with Crippen molar-refractivity contribution in [2.75, 3.05) is 37.6 Å². The molecule has 0 spiro atoms. The van der Waals surface area contributed by atoms with Crippen LogP contribution in [-0.2, 0) is 0 Å². The lowest BCUT2D eigenvalue weighted by molar-refractivity contribution is 0.217. The fourth-order valence-corrected chi connectivity index (χ4v) is 5.56. The quantitative estimate of drug-likeness (QED) is 0.893. The summed E-state index contributed by atoms with van der Waals surface area (Å²) in [6, 6.07) is 9.81. The smallest absolute Gasteiger partial charge is 0.186 e. The zero-order valence-corrected chi connectivity index (χ0v) is 14.8. The predicted molar refractivity (Wildman–Crippen MR) is 99.5 cm³/mol. The number of aromatic nitrogens is 1. The normalized spacial score (nSPS) is 31.0. The lowest BCUT2D eigenvalue weighted by Crippen LogP contribution is -2.51. The van der Waals surface area contributed by atoms with Crippen molar-refractivity contribution in [3.63, 3.8) is 0 Å². The molecule has 24 heavy (non-hydrogen) atoms. The van der Waals surface area contributed by atoms with Crippen LogP contribution in [0.3, 0.4) is 0 Å². The predicted octanol–water partition coefficient (Wildman–Crippen LogP) is 2.06. The molecule has 2 saturated heterocycles. The molecule has 5 nitrogen and oxygen atoms in total. The molecule has 3 heterocycles. The van der Waals surface area contributed by atoms with Crippen LogP contribution in [0, 0.1) is 5.92 Å². The molecule has 0 amide bonds. The zero-order chi connectivity index (χ0) is 15.9. The molecule has 128 valence electrons. The Kier molecular flexibility index (Phi) is 3.93. The molecular weight excluding hydrogens is 318 g/mol. The zero-order valence-electron chi connectivity index (χ0n) is 13.9. The van der Waals surface area contributed by atoms with Gasteiger partial charge in [0, 0.05) is 44.8 Å². The van der Waals surface area contributed by atoms with E-state index in [0.717, 1.165) is 43.7 Å². The number of anilines is 1. The van der Waals surface area contributed by atoms with Crippen LogP contribution in [0.2, 0.25) is 0 Å². The lowest BCUT2D eigenvalue weighted by Gasteiger charge is -2.36. The first-order valence-electron chi connectivity index (χ1n) is 9.21. The van der Waals surface area contributed by atoms with Crippen LogP contribution >= 0.6 is 11.3 Å².